The van der Waals surface area contributed by atoms with Gasteiger partial charge in [0.15, 0.2) is 0 Å². The summed E-state index contributed by atoms with van der Waals surface area (Å²) in [6.45, 7) is 3.70. The van der Waals surface area contributed by atoms with Crippen molar-refractivity contribution in [2.24, 2.45) is 0 Å². The molecule has 156 valence electrons. The minimum atomic E-state index is -0.473. The van der Waals surface area contributed by atoms with Crippen LogP contribution in [-0.2, 0) is 0 Å². The van der Waals surface area contributed by atoms with Gasteiger partial charge in [-0.1, -0.05) is 11.6 Å². The van der Waals surface area contributed by atoms with E-state index in [1.165, 1.54) is 5.69 Å². The van der Waals surface area contributed by atoms with E-state index >= 15 is 0 Å². The second kappa shape index (κ2) is 9.24. The van der Waals surface area contributed by atoms with E-state index in [0.717, 1.165) is 50.4 Å². The highest BCUT2D eigenvalue weighted by atomic mass is 35.5. The Balaban J connectivity index is 1.27. The number of rotatable bonds is 5. The molecule has 0 spiro atoms. The van der Waals surface area contributed by atoms with E-state index in [2.05, 4.69) is 21.9 Å². The average molecular weight is 417 g/mol. The summed E-state index contributed by atoms with van der Waals surface area (Å²) in [4.78, 5) is 4.88. The molecule has 2 atom stereocenters. The molecule has 29 heavy (non-hydrogen) atoms. The van der Waals surface area contributed by atoms with Gasteiger partial charge in [-0.15, -0.1) is 0 Å². The SMILES string of the molecule is COc1ccc(N2CCC(N3CC[C@@H](Oc4ccc(Cl)cc4)[C@H](O)C3)CC2)cc1. The number of methoxy groups -OCH3 is 1. The summed E-state index contributed by atoms with van der Waals surface area (Å²) < 4.78 is 11.2. The Kier molecular flexibility index (Phi) is 6.48. The molecule has 2 aromatic carbocycles. The smallest absolute Gasteiger partial charge is 0.127 e. The van der Waals surface area contributed by atoms with Crippen molar-refractivity contribution in [3.63, 3.8) is 0 Å². The molecule has 0 radical (unpaired) electrons. The summed E-state index contributed by atoms with van der Waals surface area (Å²) in [5, 5.41) is 11.3. The minimum absolute atomic E-state index is 0.160. The second-order valence-electron chi connectivity index (χ2n) is 7.88. The second-order valence-corrected chi connectivity index (χ2v) is 8.31. The molecule has 1 N–H and O–H groups in total. The molecule has 2 aliphatic rings. The van der Waals surface area contributed by atoms with Crippen LogP contribution in [0, 0.1) is 0 Å². The van der Waals surface area contributed by atoms with Crippen LogP contribution in [0.1, 0.15) is 19.3 Å². The summed E-state index contributed by atoms with van der Waals surface area (Å²) in [5.74, 6) is 1.65. The zero-order chi connectivity index (χ0) is 20.2. The third kappa shape index (κ3) is 4.97. The molecule has 0 bridgehead atoms. The fraction of sp³-hybridized carbons (Fsp3) is 0.478. The van der Waals surface area contributed by atoms with Crippen LogP contribution in [0.4, 0.5) is 5.69 Å². The summed E-state index contributed by atoms with van der Waals surface area (Å²) in [6.07, 6.45) is 2.43. The van der Waals surface area contributed by atoms with E-state index in [0.29, 0.717) is 17.6 Å². The van der Waals surface area contributed by atoms with Gasteiger partial charge >= 0.3 is 0 Å². The van der Waals surface area contributed by atoms with Crippen molar-refractivity contribution in [2.45, 2.75) is 37.5 Å². The molecule has 2 aliphatic heterocycles. The van der Waals surface area contributed by atoms with E-state index in [9.17, 15) is 5.11 Å². The first-order valence-electron chi connectivity index (χ1n) is 10.4. The first-order valence-corrected chi connectivity index (χ1v) is 10.7. The molecular formula is C23H29ClN2O3. The van der Waals surface area contributed by atoms with Crippen LogP contribution in [0.5, 0.6) is 11.5 Å². The quantitative estimate of drug-likeness (QED) is 0.802. The minimum Gasteiger partial charge on any atom is -0.497 e. The Bertz CT molecular complexity index is 776. The molecule has 0 aliphatic carbocycles. The number of likely N-dealkylation sites (tertiary alicyclic amines) is 1. The largest absolute Gasteiger partial charge is 0.497 e. The predicted molar refractivity (Wildman–Crippen MR) is 116 cm³/mol. The zero-order valence-electron chi connectivity index (χ0n) is 16.8. The van der Waals surface area contributed by atoms with Gasteiger partial charge in [-0.25, -0.2) is 0 Å². The van der Waals surface area contributed by atoms with Gasteiger partial charge in [0.25, 0.3) is 0 Å². The molecule has 2 saturated heterocycles. The Hall–Kier alpha value is -1.95. The summed E-state index contributed by atoms with van der Waals surface area (Å²) in [7, 11) is 1.69. The van der Waals surface area contributed by atoms with E-state index in [-0.39, 0.29) is 6.10 Å². The number of piperidine rings is 2. The standard InChI is InChI=1S/C23H29ClN2O3/c1-28-20-8-4-18(5-9-20)25-13-10-19(11-14-25)26-15-12-23(22(27)16-26)29-21-6-2-17(24)3-7-21/h2-9,19,22-23,27H,10-16H2,1H3/t22-,23-/m1/s1. The number of hydrogen-bond donors (Lipinski definition) is 1. The average Bonchev–Trinajstić information content (AvgIpc) is 2.77. The number of hydrogen-bond acceptors (Lipinski definition) is 5. The lowest BCUT2D eigenvalue weighted by atomic mass is 9.97. The van der Waals surface area contributed by atoms with Gasteiger partial charge in [-0.05, 0) is 67.8 Å². The Morgan fingerprint density at radius 1 is 0.897 bits per heavy atom. The van der Waals surface area contributed by atoms with Crippen LogP contribution in [0.3, 0.4) is 0 Å². The van der Waals surface area contributed by atoms with Crippen LogP contribution in [0.2, 0.25) is 5.02 Å². The van der Waals surface area contributed by atoms with Gasteiger partial charge in [0.2, 0.25) is 0 Å². The Labute approximate surface area is 177 Å². The number of β-amino-alcohol motifs (C(OH)–C–C–N with tert-alkyl or cyclic N) is 1. The molecule has 2 fully saturated rings. The van der Waals surface area contributed by atoms with Crippen molar-refractivity contribution >= 4 is 17.3 Å². The number of benzene rings is 2. The van der Waals surface area contributed by atoms with Crippen LogP contribution in [0.25, 0.3) is 0 Å². The molecule has 2 aromatic rings. The van der Waals surface area contributed by atoms with E-state index < -0.39 is 6.10 Å². The number of halogens is 1. The fourth-order valence-electron chi connectivity index (χ4n) is 4.37. The molecule has 0 saturated carbocycles. The van der Waals surface area contributed by atoms with Crippen molar-refractivity contribution < 1.29 is 14.6 Å². The van der Waals surface area contributed by atoms with Crippen LogP contribution < -0.4 is 14.4 Å². The van der Waals surface area contributed by atoms with E-state index in [1.54, 1.807) is 7.11 Å². The number of anilines is 1. The molecular weight excluding hydrogens is 388 g/mol. The number of ether oxygens (including phenoxy) is 2. The van der Waals surface area contributed by atoms with Crippen LogP contribution in [-0.4, -0.2) is 61.5 Å². The summed E-state index contributed by atoms with van der Waals surface area (Å²) >= 11 is 5.93. The first kappa shape index (κ1) is 20.3. The fourth-order valence-corrected chi connectivity index (χ4v) is 4.50. The van der Waals surface area contributed by atoms with Gasteiger partial charge in [0.1, 0.15) is 23.7 Å². The maximum Gasteiger partial charge on any atom is 0.127 e. The third-order valence-corrected chi connectivity index (χ3v) is 6.32. The van der Waals surface area contributed by atoms with Gasteiger partial charge in [0.05, 0.1) is 7.11 Å². The van der Waals surface area contributed by atoms with Crippen molar-refractivity contribution in [2.75, 3.05) is 38.2 Å². The third-order valence-electron chi connectivity index (χ3n) is 6.07. The maximum atomic E-state index is 10.7. The molecule has 2 heterocycles. The molecule has 4 rings (SSSR count). The Morgan fingerprint density at radius 2 is 1.55 bits per heavy atom. The molecule has 6 heteroatoms. The van der Waals surface area contributed by atoms with Gasteiger partial charge < -0.3 is 19.5 Å². The molecule has 5 nitrogen and oxygen atoms in total. The van der Waals surface area contributed by atoms with Gasteiger partial charge in [0, 0.05) is 42.9 Å². The highest BCUT2D eigenvalue weighted by Gasteiger charge is 2.34. The van der Waals surface area contributed by atoms with Crippen LogP contribution in [0.15, 0.2) is 48.5 Å². The van der Waals surface area contributed by atoms with Crippen LogP contribution >= 0.6 is 11.6 Å². The molecule has 0 aromatic heterocycles. The number of aliphatic hydroxyl groups is 1. The van der Waals surface area contributed by atoms with Gasteiger partial charge in [-0.3, -0.25) is 4.90 Å². The highest BCUT2D eigenvalue weighted by molar-refractivity contribution is 6.30. The number of aliphatic hydroxyl groups excluding tert-OH is 1. The normalized spacial score (nSPS) is 23.8. The topological polar surface area (TPSA) is 45.2 Å². The predicted octanol–water partition coefficient (Wildman–Crippen LogP) is 3.83. The lowest BCUT2D eigenvalue weighted by molar-refractivity contribution is -0.0399. The summed E-state index contributed by atoms with van der Waals surface area (Å²) in [5.41, 5.74) is 1.25. The van der Waals surface area contributed by atoms with Crippen molar-refractivity contribution in [3.8, 4) is 11.5 Å². The lowest BCUT2D eigenvalue weighted by Gasteiger charge is -2.43. The highest BCUT2D eigenvalue weighted by Crippen LogP contribution is 2.27. The zero-order valence-corrected chi connectivity index (χ0v) is 17.6. The first-order chi connectivity index (χ1) is 14.1. The molecule has 0 unspecified atom stereocenters. The summed E-state index contributed by atoms with van der Waals surface area (Å²) in [6, 6.07) is 16.2. The van der Waals surface area contributed by atoms with Crippen molar-refractivity contribution in [1.82, 2.24) is 4.90 Å². The maximum absolute atomic E-state index is 10.7. The van der Waals surface area contributed by atoms with Crippen molar-refractivity contribution in [3.05, 3.63) is 53.6 Å². The van der Waals surface area contributed by atoms with E-state index in [4.69, 9.17) is 21.1 Å². The number of nitrogens with zero attached hydrogens (tertiary/aromatic N) is 2. The Morgan fingerprint density at radius 3 is 2.17 bits per heavy atom. The van der Waals surface area contributed by atoms with Crippen molar-refractivity contribution in [1.29, 1.82) is 0 Å². The van der Waals surface area contributed by atoms with E-state index in [1.807, 2.05) is 36.4 Å². The molecule has 0 amide bonds. The van der Waals surface area contributed by atoms with Gasteiger partial charge in [-0.2, -0.15) is 0 Å². The lowest BCUT2D eigenvalue weighted by Crippen LogP contribution is -2.54. The monoisotopic (exact) mass is 416 g/mol.